The van der Waals surface area contributed by atoms with Gasteiger partial charge < -0.3 is 4.74 Å². The Kier molecular flexibility index (Phi) is 8.89. The van der Waals surface area contributed by atoms with Crippen LogP contribution in [0.2, 0.25) is 0 Å². The molecule has 1 aromatic carbocycles. The highest BCUT2D eigenvalue weighted by molar-refractivity contribution is 5.96. The molecule has 22 heavy (non-hydrogen) atoms. The van der Waals surface area contributed by atoms with E-state index in [9.17, 15) is 9.59 Å². The maximum Gasteiger partial charge on any atom is 0.305 e. The minimum absolute atomic E-state index is 0.173. The molecule has 0 N–H and O–H groups in total. The molecule has 0 bridgehead atoms. The Hall–Kier alpha value is -1.90. The monoisotopic (exact) mass is 302 g/mol. The van der Waals surface area contributed by atoms with Gasteiger partial charge in [0.25, 0.3) is 0 Å². The Bertz CT molecular complexity index is 503. The molecule has 120 valence electrons. The molecule has 0 atom stereocenters. The second-order valence-electron chi connectivity index (χ2n) is 5.38. The van der Waals surface area contributed by atoms with E-state index in [-0.39, 0.29) is 11.8 Å². The van der Waals surface area contributed by atoms with E-state index in [0.717, 1.165) is 43.2 Å². The third-order valence-electron chi connectivity index (χ3n) is 3.51. The van der Waals surface area contributed by atoms with Crippen molar-refractivity contribution < 1.29 is 14.3 Å². The maximum atomic E-state index is 12.1. The van der Waals surface area contributed by atoms with Crippen LogP contribution in [0.3, 0.4) is 0 Å². The highest BCUT2D eigenvalue weighted by Crippen LogP contribution is 2.12. The molecular formula is C19H26O3. The van der Waals surface area contributed by atoms with Gasteiger partial charge in [0.15, 0.2) is 5.78 Å². The first-order valence-electron chi connectivity index (χ1n) is 8.04. The molecule has 0 aliphatic heterocycles. The number of carbonyl (C=O) groups excluding carboxylic acids is 2. The standard InChI is InChI=1S/C19H26O3/c1-3-4-6-13-18(20)17-12-9-11-16(15-17)10-7-5-8-14-19(21)22-2/h7,9-12,15H,3-6,8,13-14H2,1-2H3. The minimum atomic E-state index is -0.173. The number of methoxy groups -OCH3 is 1. The SMILES string of the molecule is CCCCCC(=O)c1cccc(C=CCCCC(=O)OC)c1. The van der Waals surface area contributed by atoms with E-state index in [0.29, 0.717) is 12.8 Å². The lowest BCUT2D eigenvalue weighted by Gasteiger charge is -2.02. The van der Waals surface area contributed by atoms with Crippen LogP contribution in [0, 0.1) is 0 Å². The van der Waals surface area contributed by atoms with E-state index in [1.165, 1.54) is 7.11 Å². The molecule has 3 nitrogen and oxygen atoms in total. The molecule has 0 amide bonds. The van der Waals surface area contributed by atoms with E-state index >= 15 is 0 Å². The number of esters is 1. The molecular weight excluding hydrogens is 276 g/mol. The summed E-state index contributed by atoms with van der Waals surface area (Å²) in [7, 11) is 1.40. The Morgan fingerprint density at radius 1 is 1.14 bits per heavy atom. The van der Waals surface area contributed by atoms with Crippen LogP contribution in [0.4, 0.5) is 0 Å². The van der Waals surface area contributed by atoms with Gasteiger partial charge in [0.1, 0.15) is 0 Å². The van der Waals surface area contributed by atoms with Gasteiger partial charge in [-0.2, -0.15) is 0 Å². The van der Waals surface area contributed by atoms with Gasteiger partial charge in [0.05, 0.1) is 7.11 Å². The number of Topliss-reactive ketones (excluding diaryl/α,β-unsaturated/α-hetero) is 1. The molecule has 0 radical (unpaired) electrons. The second kappa shape index (κ2) is 10.8. The van der Waals surface area contributed by atoms with Gasteiger partial charge in [-0.15, -0.1) is 0 Å². The van der Waals surface area contributed by atoms with Gasteiger partial charge >= 0.3 is 5.97 Å². The average Bonchev–Trinajstić information content (AvgIpc) is 2.54. The van der Waals surface area contributed by atoms with Gasteiger partial charge in [0.2, 0.25) is 0 Å². The Balaban J connectivity index is 2.46. The number of hydrogen-bond acceptors (Lipinski definition) is 3. The summed E-state index contributed by atoms with van der Waals surface area (Å²) in [4.78, 5) is 23.1. The summed E-state index contributed by atoms with van der Waals surface area (Å²) in [6.45, 7) is 2.14. The molecule has 1 aromatic rings. The number of unbranched alkanes of at least 4 members (excludes halogenated alkanes) is 3. The van der Waals surface area contributed by atoms with Gasteiger partial charge in [-0.05, 0) is 30.9 Å². The molecule has 0 aliphatic carbocycles. The summed E-state index contributed by atoms with van der Waals surface area (Å²) in [6.07, 6.45) is 9.89. The van der Waals surface area contributed by atoms with E-state index in [4.69, 9.17) is 0 Å². The number of allylic oxidation sites excluding steroid dienone is 1. The van der Waals surface area contributed by atoms with Crippen LogP contribution < -0.4 is 0 Å². The van der Waals surface area contributed by atoms with Crippen LogP contribution in [-0.2, 0) is 9.53 Å². The zero-order valence-electron chi connectivity index (χ0n) is 13.6. The smallest absolute Gasteiger partial charge is 0.305 e. The van der Waals surface area contributed by atoms with Crippen molar-refractivity contribution in [1.29, 1.82) is 0 Å². The van der Waals surface area contributed by atoms with Crippen LogP contribution >= 0.6 is 0 Å². The molecule has 0 saturated heterocycles. The zero-order chi connectivity index (χ0) is 16.2. The average molecular weight is 302 g/mol. The Morgan fingerprint density at radius 2 is 1.95 bits per heavy atom. The molecule has 1 rings (SSSR count). The molecule has 0 aromatic heterocycles. The molecule has 3 heteroatoms. The molecule has 0 aliphatic rings. The number of rotatable bonds is 10. The van der Waals surface area contributed by atoms with Crippen molar-refractivity contribution >= 4 is 17.8 Å². The fourth-order valence-corrected chi connectivity index (χ4v) is 2.18. The first kappa shape index (κ1) is 18.1. The quantitative estimate of drug-likeness (QED) is 0.354. The van der Waals surface area contributed by atoms with Crippen LogP contribution in [0.5, 0.6) is 0 Å². The van der Waals surface area contributed by atoms with Crippen molar-refractivity contribution in [2.75, 3.05) is 7.11 Å². The highest BCUT2D eigenvalue weighted by atomic mass is 16.5. The first-order chi connectivity index (χ1) is 10.7. The van der Waals surface area contributed by atoms with Crippen molar-refractivity contribution in [3.8, 4) is 0 Å². The third-order valence-corrected chi connectivity index (χ3v) is 3.51. The van der Waals surface area contributed by atoms with E-state index < -0.39 is 0 Å². The zero-order valence-corrected chi connectivity index (χ0v) is 13.6. The molecule has 0 spiro atoms. The van der Waals surface area contributed by atoms with E-state index in [1.807, 2.05) is 36.4 Å². The maximum absolute atomic E-state index is 12.1. The van der Waals surface area contributed by atoms with E-state index in [1.54, 1.807) is 0 Å². The van der Waals surface area contributed by atoms with Crippen LogP contribution in [0.25, 0.3) is 6.08 Å². The summed E-state index contributed by atoms with van der Waals surface area (Å²) in [5.74, 6) is 0.0439. The number of benzene rings is 1. The van der Waals surface area contributed by atoms with Gasteiger partial charge in [0, 0.05) is 18.4 Å². The molecule has 0 fully saturated rings. The van der Waals surface area contributed by atoms with Crippen molar-refractivity contribution in [3.63, 3.8) is 0 Å². The van der Waals surface area contributed by atoms with Gasteiger partial charge in [-0.25, -0.2) is 0 Å². The summed E-state index contributed by atoms with van der Waals surface area (Å²) in [5, 5.41) is 0. The van der Waals surface area contributed by atoms with Crippen molar-refractivity contribution in [1.82, 2.24) is 0 Å². The number of ketones is 1. The lowest BCUT2D eigenvalue weighted by Crippen LogP contribution is -1.99. The largest absolute Gasteiger partial charge is 0.469 e. The summed E-state index contributed by atoms with van der Waals surface area (Å²) >= 11 is 0. The minimum Gasteiger partial charge on any atom is -0.469 e. The summed E-state index contributed by atoms with van der Waals surface area (Å²) < 4.78 is 4.60. The van der Waals surface area contributed by atoms with Crippen molar-refractivity contribution in [3.05, 3.63) is 41.5 Å². The van der Waals surface area contributed by atoms with E-state index in [2.05, 4.69) is 11.7 Å². The van der Waals surface area contributed by atoms with Crippen LogP contribution in [0.15, 0.2) is 30.3 Å². The lowest BCUT2D eigenvalue weighted by molar-refractivity contribution is -0.140. The number of carbonyl (C=O) groups is 2. The fraction of sp³-hybridized carbons (Fsp3) is 0.474. The number of hydrogen-bond donors (Lipinski definition) is 0. The summed E-state index contributed by atoms with van der Waals surface area (Å²) in [5.41, 5.74) is 1.81. The second-order valence-corrected chi connectivity index (χ2v) is 5.38. The Morgan fingerprint density at radius 3 is 2.68 bits per heavy atom. The predicted molar refractivity (Wildman–Crippen MR) is 89.8 cm³/mol. The Labute approximate surface area is 133 Å². The topological polar surface area (TPSA) is 43.4 Å². The predicted octanol–water partition coefficient (Wildman–Crippen LogP) is 4.81. The lowest BCUT2D eigenvalue weighted by atomic mass is 10.0. The van der Waals surface area contributed by atoms with Gasteiger partial charge in [-0.3, -0.25) is 9.59 Å². The third kappa shape index (κ3) is 7.21. The first-order valence-corrected chi connectivity index (χ1v) is 8.04. The molecule has 0 saturated carbocycles. The number of ether oxygens (including phenoxy) is 1. The van der Waals surface area contributed by atoms with Crippen LogP contribution in [0.1, 0.15) is 67.8 Å². The molecule has 0 unspecified atom stereocenters. The normalized spacial score (nSPS) is 10.8. The molecule has 0 heterocycles. The van der Waals surface area contributed by atoms with Crippen molar-refractivity contribution in [2.24, 2.45) is 0 Å². The van der Waals surface area contributed by atoms with Gasteiger partial charge in [-0.1, -0.05) is 50.1 Å². The van der Waals surface area contributed by atoms with Crippen LogP contribution in [-0.4, -0.2) is 18.9 Å². The summed E-state index contributed by atoms with van der Waals surface area (Å²) in [6, 6.07) is 7.72. The fourth-order valence-electron chi connectivity index (χ4n) is 2.18. The van der Waals surface area contributed by atoms with Crippen molar-refractivity contribution in [2.45, 2.75) is 51.9 Å². The highest BCUT2D eigenvalue weighted by Gasteiger charge is 2.05.